The Morgan fingerprint density at radius 2 is 2.10 bits per heavy atom. The van der Waals surface area contributed by atoms with Gasteiger partial charge in [0, 0.05) is 12.2 Å². The number of aromatic nitrogens is 2. The number of nitrogens with zero attached hydrogens (tertiary/aromatic N) is 2. The van der Waals surface area contributed by atoms with Crippen molar-refractivity contribution in [2.45, 2.75) is 71.9 Å². The van der Waals surface area contributed by atoms with E-state index in [9.17, 15) is 9.90 Å². The summed E-state index contributed by atoms with van der Waals surface area (Å²) in [4.78, 5) is 11.5. The van der Waals surface area contributed by atoms with Gasteiger partial charge in [-0.25, -0.2) is 0 Å². The molecule has 0 aliphatic heterocycles. The third-order valence-corrected chi connectivity index (χ3v) is 3.92. The molecule has 5 nitrogen and oxygen atoms in total. The van der Waals surface area contributed by atoms with E-state index in [0.29, 0.717) is 6.42 Å². The van der Waals surface area contributed by atoms with Gasteiger partial charge in [0.2, 0.25) is 0 Å². The highest BCUT2D eigenvalue weighted by Gasteiger charge is 2.31. The minimum Gasteiger partial charge on any atom is -0.480 e. The third kappa shape index (κ3) is 4.84. The number of carbonyl (C=O) groups is 1. The summed E-state index contributed by atoms with van der Waals surface area (Å²) in [5, 5.41) is 17.1. The highest BCUT2D eigenvalue weighted by atomic mass is 16.4. The molecule has 2 N–H and O–H groups in total. The number of carboxylic acids is 1. The fraction of sp³-hybridized carbons (Fsp3) is 0.750. The molecule has 0 aliphatic carbocycles. The van der Waals surface area contributed by atoms with Gasteiger partial charge in [-0.15, -0.1) is 0 Å². The predicted octanol–water partition coefficient (Wildman–Crippen LogP) is 2.63. The smallest absolute Gasteiger partial charge is 0.323 e. The molecule has 0 aromatic carbocycles. The Labute approximate surface area is 127 Å². The molecule has 0 bridgehead atoms. The van der Waals surface area contributed by atoms with Gasteiger partial charge in [0.15, 0.2) is 0 Å². The van der Waals surface area contributed by atoms with Crippen LogP contribution in [-0.2, 0) is 24.2 Å². The predicted molar refractivity (Wildman–Crippen MR) is 84.6 cm³/mol. The maximum Gasteiger partial charge on any atom is 0.323 e. The van der Waals surface area contributed by atoms with E-state index in [-0.39, 0.29) is 0 Å². The van der Waals surface area contributed by atoms with Crippen LogP contribution in [0.25, 0.3) is 0 Å². The molecule has 1 rings (SSSR count). The van der Waals surface area contributed by atoms with Crippen molar-refractivity contribution in [3.63, 3.8) is 0 Å². The topological polar surface area (TPSA) is 67.2 Å². The second kappa shape index (κ2) is 8.17. The molecule has 1 aromatic heterocycles. The average Bonchev–Trinajstić information content (AvgIpc) is 2.87. The number of aliphatic carboxylic acids is 1. The molecule has 0 amide bonds. The first-order valence-electron chi connectivity index (χ1n) is 8.00. The summed E-state index contributed by atoms with van der Waals surface area (Å²) >= 11 is 0. The van der Waals surface area contributed by atoms with E-state index in [0.717, 1.165) is 44.5 Å². The molecule has 1 unspecified atom stereocenters. The van der Waals surface area contributed by atoms with Crippen molar-refractivity contribution in [3.05, 3.63) is 17.5 Å². The number of carboxylic acid groups (broad SMARTS) is 1. The van der Waals surface area contributed by atoms with Crippen LogP contribution >= 0.6 is 0 Å². The van der Waals surface area contributed by atoms with E-state index in [4.69, 9.17) is 0 Å². The van der Waals surface area contributed by atoms with Crippen LogP contribution in [0.15, 0.2) is 6.07 Å². The number of rotatable bonds is 10. The Kier molecular flexibility index (Phi) is 6.89. The van der Waals surface area contributed by atoms with Gasteiger partial charge in [-0.05, 0) is 51.6 Å². The maximum absolute atomic E-state index is 11.5. The Hall–Kier alpha value is -1.36. The van der Waals surface area contributed by atoms with Gasteiger partial charge < -0.3 is 10.4 Å². The molecule has 120 valence electrons. The Morgan fingerprint density at radius 1 is 1.38 bits per heavy atom. The summed E-state index contributed by atoms with van der Waals surface area (Å²) in [6.45, 7) is 9.54. The highest BCUT2D eigenvalue weighted by Crippen LogP contribution is 2.15. The lowest BCUT2D eigenvalue weighted by molar-refractivity contribution is -0.144. The van der Waals surface area contributed by atoms with Crippen LogP contribution in [0.5, 0.6) is 0 Å². The first kappa shape index (κ1) is 17.7. The fourth-order valence-corrected chi connectivity index (χ4v) is 2.42. The summed E-state index contributed by atoms with van der Waals surface area (Å²) in [6.07, 6.45) is 4.23. The second-order valence-electron chi connectivity index (χ2n) is 5.72. The molecule has 0 aliphatic rings. The summed E-state index contributed by atoms with van der Waals surface area (Å²) in [7, 11) is 0. The second-order valence-corrected chi connectivity index (χ2v) is 5.72. The van der Waals surface area contributed by atoms with Gasteiger partial charge in [0.25, 0.3) is 0 Å². The van der Waals surface area contributed by atoms with Crippen molar-refractivity contribution in [2.75, 3.05) is 6.54 Å². The van der Waals surface area contributed by atoms with Gasteiger partial charge in [-0.1, -0.05) is 20.8 Å². The Morgan fingerprint density at radius 3 is 2.62 bits per heavy atom. The van der Waals surface area contributed by atoms with E-state index in [1.807, 2.05) is 11.6 Å². The lowest BCUT2D eigenvalue weighted by Crippen LogP contribution is -2.49. The van der Waals surface area contributed by atoms with Gasteiger partial charge >= 0.3 is 5.97 Å². The van der Waals surface area contributed by atoms with Crippen LogP contribution < -0.4 is 5.32 Å². The summed E-state index contributed by atoms with van der Waals surface area (Å²) in [6, 6.07) is 2.14. The van der Waals surface area contributed by atoms with Gasteiger partial charge in [-0.3, -0.25) is 9.48 Å². The first-order chi connectivity index (χ1) is 9.96. The Balaban J connectivity index is 2.61. The van der Waals surface area contributed by atoms with E-state index in [1.165, 1.54) is 5.69 Å². The Bertz CT molecular complexity index is 456. The zero-order valence-electron chi connectivity index (χ0n) is 13.8. The van der Waals surface area contributed by atoms with Crippen molar-refractivity contribution in [3.8, 4) is 0 Å². The summed E-state index contributed by atoms with van der Waals surface area (Å²) < 4.78 is 2.03. The van der Waals surface area contributed by atoms with Crippen LogP contribution in [0, 0.1) is 0 Å². The van der Waals surface area contributed by atoms with Crippen molar-refractivity contribution < 1.29 is 9.90 Å². The largest absolute Gasteiger partial charge is 0.480 e. The molecular weight excluding hydrogens is 266 g/mol. The lowest BCUT2D eigenvalue weighted by atomic mass is 9.95. The molecule has 0 saturated carbocycles. The molecule has 0 radical (unpaired) electrons. The van der Waals surface area contributed by atoms with E-state index < -0.39 is 11.5 Å². The molecular formula is C16H29N3O2. The van der Waals surface area contributed by atoms with Crippen molar-refractivity contribution in [1.82, 2.24) is 15.1 Å². The first-order valence-corrected chi connectivity index (χ1v) is 8.00. The molecule has 0 spiro atoms. The SMILES string of the molecule is CCCNC(C)(CCCn1nc(CC)cc1CC)C(=O)O. The lowest BCUT2D eigenvalue weighted by Gasteiger charge is -2.26. The van der Waals surface area contributed by atoms with Gasteiger partial charge in [-0.2, -0.15) is 5.10 Å². The summed E-state index contributed by atoms with van der Waals surface area (Å²) in [5.41, 5.74) is 1.49. The summed E-state index contributed by atoms with van der Waals surface area (Å²) in [5.74, 6) is -0.777. The molecule has 1 heterocycles. The van der Waals surface area contributed by atoms with Crippen LogP contribution in [0.2, 0.25) is 0 Å². The van der Waals surface area contributed by atoms with Crippen LogP contribution in [0.4, 0.5) is 0 Å². The molecule has 1 atom stereocenters. The zero-order valence-corrected chi connectivity index (χ0v) is 13.8. The third-order valence-electron chi connectivity index (χ3n) is 3.92. The van der Waals surface area contributed by atoms with Crippen molar-refractivity contribution in [1.29, 1.82) is 0 Å². The van der Waals surface area contributed by atoms with Crippen LogP contribution in [0.3, 0.4) is 0 Å². The molecule has 1 aromatic rings. The molecule has 5 heteroatoms. The van der Waals surface area contributed by atoms with Crippen molar-refractivity contribution >= 4 is 5.97 Å². The van der Waals surface area contributed by atoms with Gasteiger partial charge in [0.1, 0.15) is 5.54 Å². The number of nitrogens with one attached hydrogen (secondary N) is 1. The molecule has 0 saturated heterocycles. The van der Waals surface area contributed by atoms with E-state index in [2.05, 4.69) is 30.3 Å². The molecule has 21 heavy (non-hydrogen) atoms. The number of aryl methyl sites for hydroxylation is 3. The van der Waals surface area contributed by atoms with Crippen LogP contribution in [0.1, 0.15) is 58.3 Å². The minimum absolute atomic E-state index is 0.604. The standard InChI is InChI=1S/C16H29N3O2/c1-5-10-17-16(4,15(20)21)9-8-11-19-14(7-3)12-13(6-2)18-19/h12,17H,5-11H2,1-4H3,(H,20,21). The highest BCUT2D eigenvalue weighted by molar-refractivity contribution is 5.78. The average molecular weight is 295 g/mol. The van der Waals surface area contributed by atoms with Gasteiger partial charge in [0.05, 0.1) is 5.69 Å². The van der Waals surface area contributed by atoms with E-state index >= 15 is 0 Å². The fourth-order valence-electron chi connectivity index (χ4n) is 2.42. The molecule has 0 fully saturated rings. The number of hydrogen-bond acceptors (Lipinski definition) is 3. The van der Waals surface area contributed by atoms with E-state index in [1.54, 1.807) is 6.92 Å². The maximum atomic E-state index is 11.5. The van der Waals surface area contributed by atoms with Crippen LogP contribution in [-0.4, -0.2) is 32.9 Å². The minimum atomic E-state index is -0.844. The monoisotopic (exact) mass is 295 g/mol. The number of hydrogen-bond donors (Lipinski definition) is 2. The normalized spacial score (nSPS) is 14.1. The quantitative estimate of drug-likeness (QED) is 0.696. The zero-order chi connectivity index (χ0) is 15.9. The van der Waals surface area contributed by atoms with Crippen molar-refractivity contribution in [2.24, 2.45) is 0 Å².